The monoisotopic (exact) mass is 276 g/mol. The molecule has 0 spiro atoms. The van der Waals surface area contributed by atoms with E-state index in [4.69, 9.17) is 0 Å². The molecule has 1 aliphatic carbocycles. The topological polar surface area (TPSA) is 58.2 Å². The van der Waals surface area contributed by atoms with E-state index in [9.17, 15) is 8.42 Å². The molecule has 0 saturated heterocycles. The van der Waals surface area contributed by atoms with Crippen molar-refractivity contribution in [1.29, 1.82) is 0 Å². The maximum absolute atomic E-state index is 11.8. The summed E-state index contributed by atoms with van der Waals surface area (Å²) in [6.45, 7) is 7.72. The van der Waals surface area contributed by atoms with Crippen LogP contribution in [-0.2, 0) is 10.0 Å². The van der Waals surface area contributed by atoms with Gasteiger partial charge in [-0.25, -0.2) is 13.1 Å². The fraction of sp³-hybridized carbons (Fsp3) is 1.00. The third-order valence-corrected chi connectivity index (χ3v) is 4.99. The molecular weight excluding hydrogens is 248 g/mol. The first-order valence-corrected chi connectivity index (χ1v) is 8.70. The lowest BCUT2D eigenvalue weighted by Crippen LogP contribution is -2.35. The van der Waals surface area contributed by atoms with Crippen LogP contribution in [0.4, 0.5) is 0 Å². The highest BCUT2D eigenvalue weighted by Crippen LogP contribution is 2.19. The van der Waals surface area contributed by atoms with Gasteiger partial charge in [0, 0.05) is 12.6 Å². The fourth-order valence-corrected chi connectivity index (χ4v) is 2.85. The van der Waals surface area contributed by atoms with Crippen LogP contribution in [0.5, 0.6) is 0 Å². The lowest BCUT2D eigenvalue weighted by atomic mass is 9.91. The average Bonchev–Trinajstić information content (AvgIpc) is 3.10. The molecule has 2 N–H and O–H groups in total. The van der Waals surface area contributed by atoms with Crippen molar-refractivity contribution < 1.29 is 8.42 Å². The van der Waals surface area contributed by atoms with Gasteiger partial charge in [-0.1, -0.05) is 20.8 Å². The molecule has 0 radical (unpaired) electrons. The van der Waals surface area contributed by atoms with Crippen LogP contribution in [0.1, 0.15) is 52.9 Å². The number of hydrogen-bond acceptors (Lipinski definition) is 3. The molecule has 0 amide bonds. The molecule has 0 atom stereocenters. The Balaban J connectivity index is 2.10. The van der Waals surface area contributed by atoms with Gasteiger partial charge in [-0.2, -0.15) is 0 Å². The number of unbranched alkanes of at least 4 members (excludes halogenated alkanes) is 1. The Labute approximate surface area is 112 Å². The predicted molar refractivity (Wildman–Crippen MR) is 76.1 cm³/mol. The van der Waals surface area contributed by atoms with Gasteiger partial charge >= 0.3 is 0 Å². The van der Waals surface area contributed by atoms with Crippen LogP contribution in [0.3, 0.4) is 0 Å². The molecule has 1 rings (SSSR count). The first-order chi connectivity index (χ1) is 8.35. The van der Waals surface area contributed by atoms with Crippen LogP contribution in [0.2, 0.25) is 0 Å². The minimum absolute atomic E-state index is 0.0423. The Hall–Kier alpha value is -0.130. The third kappa shape index (κ3) is 7.34. The molecule has 0 aromatic heterocycles. The van der Waals surface area contributed by atoms with Crippen LogP contribution in [-0.4, -0.2) is 33.3 Å². The van der Waals surface area contributed by atoms with Crippen molar-refractivity contribution in [1.82, 2.24) is 10.0 Å². The molecule has 108 valence electrons. The second-order valence-corrected chi connectivity index (χ2v) is 8.02. The van der Waals surface area contributed by atoms with Crippen LogP contribution < -0.4 is 10.0 Å². The van der Waals surface area contributed by atoms with E-state index in [1.54, 1.807) is 0 Å². The zero-order chi connectivity index (χ0) is 13.6. The lowest BCUT2D eigenvalue weighted by molar-refractivity contribution is 0.350. The number of hydrogen-bond donors (Lipinski definition) is 2. The Morgan fingerprint density at radius 1 is 1.22 bits per heavy atom. The Morgan fingerprint density at radius 2 is 1.89 bits per heavy atom. The average molecular weight is 276 g/mol. The third-order valence-electron chi connectivity index (χ3n) is 3.58. The molecule has 1 fully saturated rings. The van der Waals surface area contributed by atoms with Crippen molar-refractivity contribution in [2.75, 3.05) is 18.8 Å². The smallest absolute Gasteiger partial charge is 0.211 e. The van der Waals surface area contributed by atoms with E-state index in [-0.39, 0.29) is 11.2 Å². The first-order valence-electron chi connectivity index (χ1n) is 7.05. The van der Waals surface area contributed by atoms with Gasteiger partial charge in [0.25, 0.3) is 0 Å². The van der Waals surface area contributed by atoms with Crippen LogP contribution in [0.25, 0.3) is 0 Å². The molecule has 0 heterocycles. The van der Waals surface area contributed by atoms with Crippen molar-refractivity contribution in [3.63, 3.8) is 0 Å². The highest BCUT2D eigenvalue weighted by atomic mass is 32.2. The summed E-state index contributed by atoms with van der Waals surface area (Å²) in [7, 11) is -3.09. The van der Waals surface area contributed by atoms with Crippen molar-refractivity contribution in [3.05, 3.63) is 0 Å². The van der Waals surface area contributed by atoms with E-state index < -0.39 is 10.0 Å². The SMILES string of the molecule is CCC(C)(C)CNS(=O)(=O)CCCCNC1CC1. The van der Waals surface area contributed by atoms with Gasteiger partial charge in [0.15, 0.2) is 0 Å². The summed E-state index contributed by atoms with van der Waals surface area (Å²) >= 11 is 0. The van der Waals surface area contributed by atoms with Crippen molar-refractivity contribution >= 4 is 10.0 Å². The van der Waals surface area contributed by atoms with Gasteiger partial charge in [-0.15, -0.1) is 0 Å². The maximum atomic E-state index is 11.8. The molecule has 4 nitrogen and oxygen atoms in total. The van der Waals surface area contributed by atoms with Gasteiger partial charge in [0.1, 0.15) is 0 Å². The predicted octanol–water partition coefficient (Wildman–Crippen LogP) is 1.87. The van der Waals surface area contributed by atoms with E-state index in [0.29, 0.717) is 12.6 Å². The summed E-state index contributed by atoms with van der Waals surface area (Å²) in [5.74, 6) is 0.249. The molecular formula is C13H28N2O2S. The molecule has 0 unspecified atom stereocenters. The van der Waals surface area contributed by atoms with Crippen molar-refractivity contribution in [3.8, 4) is 0 Å². The lowest BCUT2D eigenvalue weighted by Gasteiger charge is -2.22. The van der Waals surface area contributed by atoms with Crippen LogP contribution in [0.15, 0.2) is 0 Å². The van der Waals surface area contributed by atoms with Gasteiger partial charge < -0.3 is 5.32 Å². The highest BCUT2D eigenvalue weighted by molar-refractivity contribution is 7.89. The van der Waals surface area contributed by atoms with E-state index in [1.807, 2.05) is 0 Å². The minimum Gasteiger partial charge on any atom is -0.314 e. The molecule has 0 aromatic carbocycles. The maximum Gasteiger partial charge on any atom is 0.211 e. The fourth-order valence-electron chi connectivity index (χ4n) is 1.51. The van der Waals surface area contributed by atoms with Crippen molar-refractivity contribution in [2.45, 2.75) is 58.9 Å². The second-order valence-electron chi connectivity index (χ2n) is 6.09. The Morgan fingerprint density at radius 3 is 2.44 bits per heavy atom. The van der Waals surface area contributed by atoms with Gasteiger partial charge in [0.2, 0.25) is 10.0 Å². The molecule has 0 bridgehead atoms. The van der Waals surface area contributed by atoms with E-state index in [2.05, 4.69) is 30.8 Å². The summed E-state index contributed by atoms with van der Waals surface area (Å²) in [4.78, 5) is 0. The second kappa shape index (κ2) is 6.87. The van der Waals surface area contributed by atoms with Crippen molar-refractivity contribution in [2.24, 2.45) is 5.41 Å². The Kier molecular flexibility index (Phi) is 6.08. The van der Waals surface area contributed by atoms with Gasteiger partial charge in [-0.3, -0.25) is 0 Å². The zero-order valence-electron chi connectivity index (χ0n) is 12.0. The number of nitrogens with one attached hydrogen (secondary N) is 2. The zero-order valence-corrected chi connectivity index (χ0v) is 12.8. The van der Waals surface area contributed by atoms with E-state index >= 15 is 0 Å². The number of rotatable bonds is 10. The summed E-state index contributed by atoms with van der Waals surface area (Å²) in [5.41, 5.74) is 0.0423. The van der Waals surface area contributed by atoms with Gasteiger partial charge in [-0.05, 0) is 44.1 Å². The molecule has 5 heteroatoms. The molecule has 0 aliphatic heterocycles. The summed E-state index contributed by atoms with van der Waals surface area (Å²) in [6, 6.07) is 0.713. The molecule has 1 aliphatic rings. The highest BCUT2D eigenvalue weighted by Gasteiger charge is 2.20. The van der Waals surface area contributed by atoms with E-state index in [0.717, 1.165) is 25.8 Å². The van der Waals surface area contributed by atoms with E-state index in [1.165, 1.54) is 12.8 Å². The van der Waals surface area contributed by atoms with Gasteiger partial charge in [0.05, 0.1) is 5.75 Å². The Bertz CT molecular complexity index is 335. The quantitative estimate of drug-likeness (QED) is 0.599. The standard InChI is InChI=1S/C13H28N2O2S/c1-4-13(2,3)11-15-18(16,17)10-6-5-9-14-12-7-8-12/h12,14-15H,4-11H2,1-3H3. The normalized spacial score (nSPS) is 17.1. The summed E-state index contributed by atoms with van der Waals surface area (Å²) in [5, 5.41) is 3.39. The molecule has 1 saturated carbocycles. The summed E-state index contributed by atoms with van der Waals surface area (Å²) < 4.78 is 26.3. The molecule has 18 heavy (non-hydrogen) atoms. The van der Waals surface area contributed by atoms with Crippen LogP contribution >= 0.6 is 0 Å². The largest absolute Gasteiger partial charge is 0.314 e. The van der Waals surface area contributed by atoms with Crippen LogP contribution in [0, 0.1) is 5.41 Å². The minimum atomic E-state index is -3.09. The summed E-state index contributed by atoms with van der Waals surface area (Å²) in [6.07, 6.45) is 5.22. The first kappa shape index (κ1) is 15.9. The molecule has 0 aromatic rings. The number of sulfonamides is 1.